The molecule has 1 atom stereocenters. The van der Waals surface area contributed by atoms with E-state index in [1.54, 1.807) is 0 Å². The van der Waals surface area contributed by atoms with Crippen molar-refractivity contribution in [2.75, 3.05) is 13.7 Å². The number of rotatable bonds is 6. The van der Waals surface area contributed by atoms with Crippen molar-refractivity contribution in [3.63, 3.8) is 0 Å². The van der Waals surface area contributed by atoms with E-state index in [0.29, 0.717) is 6.04 Å². The molecular weight excluding hydrogens is 210 g/mol. The van der Waals surface area contributed by atoms with Crippen molar-refractivity contribution < 1.29 is 4.74 Å². The summed E-state index contributed by atoms with van der Waals surface area (Å²) in [5.41, 5.74) is 2.87. The van der Waals surface area contributed by atoms with Gasteiger partial charge in [-0.2, -0.15) is 0 Å². The van der Waals surface area contributed by atoms with Crippen LogP contribution < -0.4 is 10.1 Å². The lowest BCUT2D eigenvalue weighted by atomic mass is 10.1. The van der Waals surface area contributed by atoms with Crippen molar-refractivity contribution in [3.8, 4) is 5.75 Å². The molecule has 17 heavy (non-hydrogen) atoms. The van der Waals surface area contributed by atoms with Crippen LogP contribution in [0, 0.1) is 0 Å². The van der Waals surface area contributed by atoms with Crippen LogP contribution in [0.3, 0.4) is 0 Å². The summed E-state index contributed by atoms with van der Waals surface area (Å²) in [6, 6.07) is 7.01. The SMILES string of the molecule is C=CCCCOc1ccc2c(c1)CCC2NC. The van der Waals surface area contributed by atoms with Crippen molar-refractivity contribution >= 4 is 0 Å². The van der Waals surface area contributed by atoms with Crippen molar-refractivity contribution in [1.29, 1.82) is 0 Å². The van der Waals surface area contributed by atoms with E-state index < -0.39 is 0 Å². The monoisotopic (exact) mass is 231 g/mol. The van der Waals surface area contributed by atoms with Gasteiger partial charge in [-0.25, -0.2) is 0 Å². The van der Waals surface area contributed by atoms with Crippen LogP contribution in [0.4, 0.5) is 0 Å². The second-order valence-electron chi connectivity index (χ2n) is 4.52. The molecule has 1 N–H and O–H groups in total. The van der Waals surface area contributed by atoms with Gasteiger partial charge in [0.1, 0.15) is 5.75 Å². The molecule has 0 aliphatic heterocycles. The quantitative estimate of drug-likeness (QED) is 0.599. The molecular formula is C15H21NO. The Labute approximate surface area is 104 Å². The van der Waals surface area contributed by atoms with E-state index in [-0.39, 0.29) is 0 Å². The van der Waals surface area contributed by atoms with Gasteiger partial charge in [0, 0.05) is 6.04 Å². The first-order valence-corrected chi connectivity index (χ1v) is 6.39. The van der Waals surface area contributed by atoms with Crippen LogP contribution >= 0.6 is 0 Å². The Hall–Kier alpha value is -1.28. The minimum Gasteiger partial charge on any atom is -0.494 e. The van der Waals surface area contributed by atoms with Gasteiger partial charge in [0.05, 0.1) is 6.61 Å². The van der Waals surface area contributed by atoms with Crippen LogP contribution in [0.2, 0.25) is 0 Å². The summed E-state index contributed by atoms with van der Waals surface area (Å²) in [6.45, 7) is 4.49. The number of hydrogen-bond acceptors (Lipinski definition) is 2. The van der Waals surface area contributed by atoms with Crippen LogP contribution in [-0.4, -0.2) is 13.7 Å². The fourth-order valence-electron chi connectivity index (χ4n) is 2.40. The molecule has 2 heteroatoms. The van der Waals surface area contributed by atoms with E-state index in [2.05, 4.69) is 30.1 Å². The third-order valence-corrected chi connectivity index (χ3v) is 3.36. The number of allylic oxidation sites excluding steroid dienone is 1. The minimum atomic E-state index is 0.528. The highest BCUT2D eigenvalue weighted by molar-refractivity contribution is 5.40. The number of aryl methyl sites for hydroxylation is 1. The number of unbranched alkanes of at least 4 members (excludes halogenated alkanes) is 1. The molecule has 92 valence electrons. The molecule has 0 radical (unpaired) electrons. The summed E-state index contributed by atoms with van der Waals surface area (Å²) >= 11 is 0. The maximum absolute atomic E-state index is 5.73. The Bertz CT molecular complexity index is 387. The number of ether oxygens (including phenoxy) is 1. The average molecular weight is 231 g/mol. The molecule has 0 bridgehead atoms. The second kappa shape index (κ2) is 5.87. The van der Waals surface area contributed by atoms with Gasteiger partial charge >= 0.3 is 0 Å². The Balaban J connectivity index is 1.95. The molecule has 2 rings (SSSR count). The zero-order chi connectivity index (χ0) is 12.1. The highest BCUT2D eigenvalue weighted by atomic mass is 16.5. The second-order valence-corrected chi connectivity index (χ2v) is 4.52. The van der Waals surface area contributed by atoms with Crippen LogP contribution in [0.1, 0.15) is 36.4 Å². The summed E-state index contributed by atoms with van der Waals surface area (Å²) in [5.74, 6) is 1.00. The number of fused-ring (bicyclic) bond motifs is 1. The van der Waals surface area contributed by atoms with Crippen LogP contribution in [0.25, 0.3) is 0 Å². The molecule has 1 unspecified atom stereocenters. The standard InChI is InChI=1S/C15H21NO/c1-3-4-5-10-17-13-7-8-14-12(11-13)6-9-15(14)16-2/h3,7-8,11,15-16H,1,4-6,9-10H2,2H3. The van der Waals surface area contributed by atoms with Gasteiger partial charge in [0.15, 0.2) is 0 Å². The fraction of sp³-hybridized carbons (Fsp3) is 0.467. The first-order valence-electron chi connectivity index (χ1n) is 6.39. The molecule has 1 aliphatic rings. The number of nitrogens with one attached hydrogen (secondary N) is 1. The predicted octanol–water partition coefficient (Wildman–Crippen LogP) is 3.24. The maximum atomic E-state index is 5.73. The molecule has 1 aromatic carbocycles. The summed E-state index contributed by atoms with van der Waals surface area (Å²) in [7, 11) is 2.03. The van der Waals surface area contributed by atoms with Crippen molar-refractivity contribution in [3.05, 3.63) is 42.0 Å². The van der Waals surface area contributed by atoms with E-state index in [4.69, 9.17) is 4.74 Å². The Morgan fingerprint density at radius 1 is 1.53 bits per heavy atom. The molecule has 0 saturated heterocycles. The Kier molecular flexibility index (Phi) is 4.21. The lowest BCUT2D eigenvalue weighted by molar-refractivity contribution is 0.312. The lowest BCUT2D eigenvalue weighted by Gasteiger charge is -2.11. The van der Waals surface area contributed by atoms with Gasteiger partial charge in [-0.1, -0.05) is 12.1 Å². The number of benzene rings is 1. The molecule has 1 aromatic rings. The average Bonchev–Trinajstić information content (AvgIpc) is 2.77. The molecule has 1 aliphatic carbocycles. The summed E-state index contributed by atoms with van der Waals surface area (Å²) in [5, 5.41) is 3.35. The third-order valence-electron chi connectivity index (χ3n) is 3.36. The fourth-order valence-corrected chi connectivity index (χ4v) is 2.40. The van der Waals surface area contributed by atoms with Gasteiger partial charge in [-0.05, 0) is 56.0 Å². The lowest BCUT2D eigenvalue weighted by Crippen LogP contribution is -2.12. The van der Waals surface area contributed by atoms with Crippen LogP contribution in [-0.2, 0) is 6.42 Å². The smallest absolute Gasteiger partial charge is 0.119 e. The molecule has 0 spiro atoms. The van der Waals surface area contributed by atoms with Gasteiger partial charge < -0.3 is 10.1 Å². The highest BCUT2D eigenvalue weighted by Gasteiger charge is 2.20. The largest absolute Gasteiger partial charge is 0.494 e. The molecule has 0 heterocycles. The molecule has 0 fully saturated rings. The van der Waals surface area contributed by atoms with E-state index in [9.17, 15) is 0 Å². The summed E-state index contributed by atoms with van der Waals surface area (Å²) in [6.07, 6.45) is 6.35. The summed E-state index contributed by atoms with van der Waals surface area (Å²) < 4.78 is 5.73. The Morgan fingerprint density at radius 2 is 2.41 bits per heavy atom. The van der Waals surface area contributed by atoms with Crippen LogP contribution in [0.5, 0.6) is 5.75 Å². The highest BCUT2D eigenvalue weighted by Crippen LogP contribution is 2.33. The topological polar surface area (TPSA) is 21.3 Å². The van der Waals surface area contributed by atoms with Crippen molar-refractivity contribution in [1.82, 2.24) is 5.32 Å². The van der Waals surface area contributed by atoms with Gasteiger partial charge in [-0.3, -0.25) is 0 Å². The third kappa shape index (κ3) is 2.89. The zero-order valence-corrected chi connectivity index (χ0v) is 10.5. The zero-order valence-electron chi connectivity index (χ0n) is 10.5. The normalized spacial score (nSPS) is 17.8. The van der Waals surface area contributed by atoms with Crippen molar-refractivity contribution in [2.45, 2.75) is 31.7 Å². The minimum absolute atomic E-state index is 0.528. The predicted molar refractivity (Wildman–Crippen MR) is 71.5 cm³/mol. The molecule has 0 saturated carbocycles. The van der Waals surface area contributed by atoms with Gasteiger partial charge in [0.25, 0.3) is 0 Å². The summed E-state index contributed by atoms with van der Waals surface area (Å²) in [4.78, 5) is 0. The number of hydrogen-bond donors (Lipinski definition) is 1. The van der Waals surface area contributed by atoms with E-state index >= 15 is 0 Å². The molecule has 2 nitrogen and oxygen atoms in total. The van der Waals surface area contributed by atoms with Gasteiger partial charge in [-0.15, -0.1) is 6.58 Å². The molecule has 0 aromatic heterocycles. The first kappa shape index (κ1) is 12.2. The first-order chi connectivity index (χ1) is 8.35. The van der Waals surface area contributed by atoms with E-state index in [1.807, 2.05) is 13.1 Å². The molecule has 0 amide bonds. The van der Waals surface area contributed by atoms with E-state index in [0.717, 1.165) is 31.6 Å². The maximum Gasteiger partial charge on any atom is 0.119 e. The Morgan fingerprint density at radius 3 is 3.18 bits per heavy atom. The van der Waals surface area contributed by atoms with Gasteiger partial charge in [0.2, 0.25) is 0 Å². The van der Waals surface area contributed by atoms with E-state index in [1.165, 1.54) is 17.5 Å². The van der Waals surface area contributed by atoms with Crippen LogP contribution in [0.15, 0.2) is 30.9 Å². The van der Waals surface area contributed by atoms with Crippen molar-refractivity contribution in [2.24, 2.45) is 0 Å².